The van der Waals surface area contributed by atoms with Crippen molar-refractivity contribution in [2.75, 3.05) is 0 Å². The summed E-state index contributed by atoms with van der Waals surface area (Å²) in [7, 11) is -2.39. The summed E-state index contributed by atoms with van der Waals surface area (Å²) in [6.07, 6.45) is 0. The van der Waals surface area contributed by atoms with Gasteiger partial charge in [-0.2, -0.15) is 3.91 Å². The molecule has 0 nitrogen and oxygen atoms in total. The third kappa shape index (κ3) is 4.79. The normalized spacial score (nSPS) is 13.8. The van der Waals surface area contributed by atoms with Crippen LogP contribution < -0.4 is 37.7 Å². The van der Waals surface area contributed by atoms with Crippen molar-refractivity contribution in [3.63, 3.8) is 0 Å². The third-order valence-corrected chi connectivity index (χ3v) is 37.0. The van der Waals surface area contributed by atoms with Crippen LogP contribution in [0, 0.1) is 0 Å². The van der Waals surface area contributed by atoms with Crippen molar-refractivity contribution in [1.82, 2.24) is 0 Å². The Balaban J connectivity index is -0.000000980. The van der Waals surface area contributed by atoms with Gasteiger partial charge in [0.05, 0.1) is 0 Å². The monoisotopic (exact) mass is 352 g/mol. The van der Waals surface area contributed by atoms with Crippen LogP contribution in [-0.2, 0) is 0 Å². The van der Waals surface area contributed by atoms with Gasteiger partial charge in [0.25, 0.3) is 0 Å². The van der Waals surface area contributed by atoms with Gasteiger partial charge in [-0.05, 0) is 0 Å². The molecule has 0 saturated heterocycles. The molecule has 0 fully saturated rings. The summed E-state index contributed by atoms with van der Waals surface area (Å²) in [5.41, 5.74) is 0. The van der Waals surface area contributed by atoms with Crippen LogP contribution in [0.5, 0.6) is 0 Å². The van der Waals surface area contributed by atoms with E-state index in [1.165, 1.54) is 0 Å². The Morgan fingerprint density at radius 3 is 0.824 bits per heavy atom. The second kappa shape index (κ2) is 7.52. The van der Waals surface area contributed by atoms with Crippen molar-refractivity contribution in [2.24, 2.45) is 0 Å². The van der Waals surface area contributed by atoms with Crippen molar-refractivity contribution in [3.8, 4) is 0 Å². The van der Waals surface area contributed by atoms with Crippen molar-refractivity contribution in [3.05, 3.63) is 0 Å². The van der Waals surface area contributed by atoms with Gasteiger partial charge in [0, 0.05) is 24.2 Å². The molecule has 0 aromatic heterocycles. The Morgan fingerprint density at radius 2 is 0.824 bits per heavy atom. The Bertz CT molecular complexity index is 192. The van der Waals surface area contributed by atoms with Gasteiger partial charge < -0.3 is 23.4 Å². The molecule has 0 aliphatic rings. The van der Waals surface area contributed by atoms with Crippen LogP contribution in [0.1, 0.15) is 0 Å². The van der Waals surface area contributed by atoms with Crippen LogP contribution in [0.15, 0.2) is 0 Å². The first-order chi connectivity index (χ1) is 6.31. The fraction of sp³-hybridized carbons (Fsp3) is 1.00. The molecule has 1 radical (unpaired) electrons. The SMILES string of the molecule is C[Si](C)(C)C([Si-]Br)([Si](C)(C)C)[Si](C)(C)C.[Li+].[Li+]. The molecular formula is C10H27BrLi2Si4+. The second-order valence-electron chi connectivity index (χ2n) is 7.59. The van der Waals surface area contributed by atoms with E-state index in [9.17, 15) is 0 Å². The van der Waals surface area contributed by atoms with E-state index in [1.54, 1.807) is 0 Å². The average Bonchev–Trinajstić information content (AvgIpc) is 1.76. The van der Waals surface area contributed by atoms with Gasteiger partial charge >= 0.3 is 37.7 Å². The van der Waals surface area contributed by atoms with Crippen molar-refractivity contribution in [2.45, 2.75) is 62.8 Å². The van der Waals surface area contributed by atoms with Crippen molar-refractivity contribution >= 4 is 47.7 Å². The molecule has 91 valence electrons. The van der Waals surface area contributed by atoms with Crippen LogP contribution in [0.25, 0.3) is 0 Å². The Morgan fingerprint density at radius 1 is 0.647 bits per heavy atom. The molecule has 7 heteroatoms. The van der Waals surface area contributed by atoms with Gasteiger partial charge in [0.2, 0.25) is 0 Å². The number of rotatable bonds is 4. The molecule has 0 atom stereocenters. The first-order valence-electron chi connectivity index (χ1n) is 5.69. The largest absolute Gasteiger partial charge is 1.00 e. The third-order valence-electron chi connectivity index (χ3n) is 3.52. The topological polar surface area (TPSA) is 0 Å². The molecule has 0 aliphatic carbocycles. The number of hydrogen-bond donors (Lipinski definition) is 0. The summed E-state index contributed by atoms with van der Waals surface area (Å²) in [6.45, 7) is 23.2. The zero-order chi connectivity index (χ0) is 12.7. The second-order valence-corrected chi connectivity index (χ2v) is 28.5. The van der Waals surface area contributed by atoms with E-state index in [2.05, 4.69) is 74.2 Å². The Labute approximate surface area is 147 Å². The van der Waals surface area contributed by atoms with E-state index >= 15 is 0 Å². The zero-order valence-corrected chi connectivity index (χ0v) is 19.5. The standard InChI is InChI=1S/C10H27BrSi4.2Li/c1-13(2,3)10(12-11,14(4,5)6)15(7,8)9;;/h1-9H3;;/q-1;2*+1. The first-order valence-corrected chi connectivity index (χ1v) is 19.4. The smallest absolute Gasteiger partial charge is 0.394 e. The molecule has 0 saturated carbocycles. The molecule has 0 rings (SSSR count). The Hall–Kier alpha value is 2.54. The van der Waals surface area contributed by atoms with Gasteiger partial charge in [0.1, 0.15) is 0 Å². The molecule has 0 heterocycles. The van der Waals surface area contributed by atoms with Gasteiger partial charge in [-0.1, -0.05) is 58.9 Å². The van der Waals surface area contributed by atoms with Gasteiger partial charge in [0.15, 0.2) is 0 Å². The van der Waals surface area contributed by atoms with E-state index < -0.39 is 24.2 Å². The van der Waals surface area contributed by atoms with Gasteiger partial charge in [-0.25, -0.2) is 0 Å². The van der Waals surface area contributed by atoms with Gasteiger partial charge in [-0.15, -0.1) is 0 Å². The van der Waals surface area contributed by atoms with Crippen LogP contribution in [-0.4, -0.2) is 32.4 Å². The van der Waals surface area contributed by atoms with Crippen LogP contribution in [0.2, 0.25) is 62.8 Å². The molecular weight excluding hydrogens is 326 g/mol. The molecule has 0 spiro atoms. The quantitative estimate of drug-likeness (QED) is 0.440. The minimum absolute atomic E-state index is 0. The van der Waals surface area contributed by atoms with Crippen LogP contribution in [0.3, 0.4) is 0 Å². The van der Waals surface area contributed by atoms with Crippen LogP contribution >= 0.6 is 15.3 Å². The maximum atomic E-state index is 3.91. The van der Waals surface area contributed by atoms with E-state index in [0.29, 0.717) is 3.91 Å². The predicted molar refractivity (Wildman–Crippen MR) is 87.4 cm³/mol. The number of halogens is 1. The maximum absolute atomic E-state index is 3.91. The van der Waals surface area contributed by atoms with E-state index in [0.717, 1.165) is 8.14 Å². The average molecular weight is 353 g/mol. The maximum Gasteiger partial charge on any atom is 1.00 e. The van der Waals surface area contributed by atoms with Crippen molar-refractivity contribution < 1.29 is 37.7 Å². The molecule has 0 amide bonds. The molecule has 0 aromatic carbocycles. The van der Waals surface area contributed by atoms with E-state index in [4.69, 9.17) is 0 Å². The van der Waals surface area contributed by atoms with Crippen LogP contribution in [0.4, 0.5) is 0 Å². The minimum Gasteiger partial charge on any atom is -0.394 e. The summed E-state index contributed by atoms with van der Waals surface area (Å²) in [4.78, 5) is 0. The minimum atomic E-state index is -1.12. The molecule has 0 N–H and O–H groups in total. The molecule has 0 unspecified atom stereocenters. The summed E-state index contributed by atoms with van der Waals surface area (Å²) in [5.74, 6) is 0. The predicted octanol–water partition coefficient (Wildman–Crippen LogP) is -1.20. The fourth-order valence-electron chi connectivity index (χ4n) is 3.80. The summed E-state index contributed by atoms with van der Waals surface area (Å²) >= 11 is 3.91. The Kier molecular flexibility index (Phi) is 10.9. The van der Waals surface area contributed by atoms with Crippen molar-refractivity contribution in [1.29, 1.82) is 0 Å². The summed E-state index contributed by atoms with van der Waals surface area (Å²) in [6, 6.07) is 0. The number of hydrogen-bond acceptors (Lipinski definition) is 0. The molecule has 0 aliphatic heterocycles. The van der Waals surface area contributed by atoms with E-state index in [-0.39, 0.29) is 37.7 Å². The fourth-order valence-corrected chi connectivity index (χ4v) is 50.3. The molecule has 0 aromatic rings. The first kappa shape index (κ1) is 24.6. The molecule has 0 bridgehead atoms. The zero-order valence-electron chi connectivity index (χ0n) is 13.9. The summed E-state index contributed by atoms with van der Waals surface area (Å²) in [5, 5.41) is 0. The van der Waals surface area contributed by atoms with E-state index in [1.807, 2.05) is 0 Å². The molecule has 17 heavy (non-hydrogen) atoms. The van der Waals surface area contributed by atoms with Gasteiger partial charge in [-0.3, -0.25) is 0 Å². The summed E-state index contributed by atoms with van der Waals surface area (Å²) < 4.78 is 0.715.